The molecule has 3 aromatic rings. The zero-order chi connectivity index (χ0) is 22.5. The molecule has 0 bridgehead atoms. The summed E-state index contributed by atoms with van der Waals surface area (Å²) in [4.78, 5) is 7.48. The van der Waals surface area contributed by atoms with Crippen molar-refractivity contribution < 1.29 is 4.74 Å². The maximum atomic E-state index is 5.41. The Labute approximate surface area is 186 Å². The molecule has 0 amide bonds. The van der Waals surface area contributed by atoms with Gasteiger partial charge in [0, 0.05) is 23.4 Å². The molecular formula is C26H34N4O. The SMILES string of the molecule is CC#CCN(CCC)c1c(C)c(CCC)nc2c(-c3ccc(OC)cc3C)c(C)nn12. The third-order valence-electron chi connectivity index (χ3n) is 5.68. The van der Waals surface area contributed by atoms with E-state index in [9.17, 15) is 0 Å². The van der Waals surface area contributed by atoms with Crippen molar-refractivity contribution in [2.24, 2.45) is 0 Å². The van der Waals surface area contributed by atoms with Crippen LogP contribution in [0.3, 0.4) is 0 Å². The highest BCUT2D eigenvalue weighted by molar-refractivity contribution is 5.83. The van der Waals surface area contributed by atoms with Crippen molar-refractivity contribution >= 4 is 11.5 Å². The number of nitrogens with zero attached hydrogens (tertiary/aromatic N) is 4. The van der Waals surface area contributed by atoms with Gasteiger partial charge in [0.2, 0.25) is 0 Å². The van der Waals surface area contributed by atoms with Crippen molar-refractivity contribution in [1.82, 2.24) is 14.6 Å². The van der Waals surface area contributed by atoms with Gasteiger partial charge in [-0.2, -0.15) is 9.61 Å². The number of aryl methyl sites for hydroxylation is 3. The van der Waals surface area contributed by atoms with E-state index in [1.54, 1.807) is 7.11 Å². The maximum absolute atomic E-state index is 5.41. The molecule has 5 heteroatoms. The molecule has 0 spiro atoms. The Morgan fingerprint density at radius 1 is 1.13 bits per heavy atom. The highest BCUT2D eigenvalue weighted by Crippen LogP contribution is 2.35. The summed E-state index contributed by atoms with van der Waals surface area (Å²) in [6.07, 6.45) is 3.04. The molecule has 0 aliphatic carbocycles. The van der Waals surface area contributed by atoms with E-state index in [2.05, 4.69) is 63.5 Å². The lowest BCUT2D eigenvalue weighted by Crippen LogP contribution is -2.28. The van der Waals surface area contributed by atoms with Crippen molar-refractivity contribution in [1.29, 1.82) is 0 Å². The fraction of sp³-hybridized carbons (Fsp3) is 0.462. The Balaban J connectivity index is 2.33. The molecule has 0 N–H and O–H groups in total. The third-order valence-corrected chi connectivity index (χ3v) is 5.68. The van der Waals surface area contributed by atoms with Gasteiger partial charge in [-0.15, -0.1) is 5.92 Å². The second-order valence-electron chi connectivity index (χ2n) is 7.98. The minimum absolute atomic E-state index is 0.686. The lowest BCUT2D eigenvalue weighted by Gasteiger charge is -2.25. The second kappa shape index (κ2) is 9.87. The van der Waals surface area contributed by atoms with Gasteiger partial charge >= 0.3 is 0 Å². The number of benzene rings is 1. The summed E-state index contributed by atoms with van der Waals surface area (Å²) in [5.41, 5.74) is 7.63. The molecule has 164 valence electrons. The molecule has 0 unspecified atom stereocenters. The van der Waals surface area contributed by atoms with E-state index >= 15 is 0 Å². The first kappa shape index (κ1) is 22.7. The van der Waals surface area contributed by atoms with Crippen molar-refractivity contribution in [3.8, 4) is 28.7 Å². The minimum Gasteiger partial charge on any atom is -0.497 e. The third kappa shape index (κ3) is 4.39. The van der Waals surface area contributed by atoms with Crippen LogP contribution in [0.1, 0.15) is 56.1 Å². The predicted octanol–water partition coefficient (Wildman–Crippen LogP) is 5.52. The maximum Gasteiger partial charge on any atom is 0.165 e. The summed E-state index contributed by atoms with van der Waals surface area (Å²) in [5, 5.41) is 4.98. The van der Waals surface area contributed by atoms with E-state index in [4.69, 9.17) is 14.8 Å². The summed E-state index contributed by atoms with van der Waals surface area (Å²) in [6, 6.07) is 6.19. The lowest BCUT2D eigenvalue weighted by atomic mass is 10.00. The van der Waals surface area contributed by atoms with Crippen LogP contribution < -0.4 is 9.64 Å². The molecule has 1 aromatic carbocycles. The van der Waals surface area contributed by atoms with Crippen molar-refractivity contribution in [3.05, 3.63) is 40.7 Å². The number of ether oxygens (including phenoxy) is 1. The number of rotatable bonds is 8. The Kier molecular flexibility index (Phi) is 7.22. The van der Waals surface area contributed by atoms with Gasteiger partial charge in [-0.1, -0.05) is 32.3 Å². The number of anilines is 1. The first-order chi connectivity index (χ1) is 15.0. The summed E-state index contributed by atoms with van der Waals surface area (Å²) < 4.78 is 7.45. The van der Waals surface area contributed by atoms with Gasteiger partial charge in [-0.25, -0.2) is 4.98 Å². The lowest BCUT2D eigenvalue weighted by molar-refractivity contribution is 0.414. The summed E-state index contributed by atoms with van der Waals surface area (Å²) in [7, 11) is 1.70. The van der Waals surface area contributed by atoms with Gasteiger partial charge in [0.15, 0.2) is 5.65 Å². The van der Waals surface area contributed by atoms with E-state index in [0.29, 0.717) is 6.54 Å². The standard InChI is InChI=1S/C26H34N4O/c1-8-11-16-29(15-10-3)26-19(5)23(12-9-2)27-25-24(20(6)28-30(25)26)22-14-13-21(31-7)17-18(22)4/h13-14,17H,9-10,12,15-16H2,1-7H3. The average molecular weight is 419 g/mol. The monoisotopic (exact) mass is 418 g/mol. The highest BCUT2D eigenvalue weighted by Gasteiger charge is 2.23. The summed E-state index contributed by atoms with van der Waals surface area (Å²) >= 11 is 0. The molecule has 2 heterocycles. The molecule has 0 aliphatic heterocycles. The summed E-state index contributed by atoms with van der Waals surface area (Å²) in [5.74, 6) is 8.27. The molecule has 2 aromatic heterocycles. The number of aromatic nitrogens is 3. The fourth-order valence-corrected chi connectivity index (χ4v) is 4.18. The second-order valence-corrected chi connectivity index (χ2v) is 7.98. The van der Waals surface area contributed by atoms with Crippen LogP contribution in [0.4, 0.5) is 5.82 Å². The Bertz CT molecular complexity index is 1130. The Morgan fingerprint density at radius 3 is 2.52 bits per heavy atom. The fourth-order valence-electron chi connectivity index (χ4n) is 4.18. The van der Waals surface area contributed by atoms with Crippen LogP contribution in [0, 0.1) is 32.6 Å². The molecule has 5 nitrogen and oxygen atoms in total. The van der Waals surface area contributed by atoms with E-state index in [1.807, 2.05) is 17.5 Å². The first-order valence-corrected chi connectivity index (χ1v) is 11.1. The van der Waals surface area contributed by atoms with Crippen LogP contribution in [0.25, 0.3) is 16.8 Å². The van der Waals surface area contributed by atoms with Crippen LogP contribution in [-0.2, 0) is 6.42 Å². The molecule has 3 rings (SSSR count). The van der Waals surface area contributed by atoms with Crippen LogP contribution in [0.5, 0.6) is 5.75 Å². The Morgan fingerprint density at radius 2 is 1.90 bits per heavy atom. The van der Waals surface area contributed by atoms with Crippen molar-refractivity contribution in [2.45, 2.75) is 60.8 Å². The molecule has 0 aliphatic rings. The quantitative estimate of drug-likeness (QED) is 0.452. The van der Waals surface area contributed by atoms with Gasteiger partial charge in [-0.05, 0) is 63.8 Å². The molecule has 31 heavy (non-hydrogen) atoms. The zero-order valence-electron chi connectivity index (χ0n) is 20.0. The van der Waals surface area contributed by atoms with Crippen LogP contribution in [0.15, 0.2) is 18.2 Å². The topological polar surface area (TPSA) is 42.7 Å². The molecule has 0 radical (unpaired) electrons. The number of fused-ring (bicyclic) bond motifs is 1. The minimum atomic E-state index is 0.686. The molecule has 0 saturated carbocycles. The molecule has 0 atom stereocenters. The zero-order valence-corrected chi connectivity index (χ0v) is 20.0. The number of hydrogen-bond acceptors (Lipinski definition) is 4. The van der Waals surface area contributed by atoms with Gasteiger partial charge in [0.1, 0.15) is 11.6 Å². The highest BCUT2D eigenvalue weighted by atomic mass is 16.5. The van der Waals surface area contributed by atoms with E-state index in [1.165, 1.54) is 5.56 Å². The van der Waals surface area contributed by atoms with Crippen LogP contribution in [-0.4, -0.2) is 34.8 Å². The van der Waals surface area contributed by atoms with Crippen molar-refractivity contribution in [3.63, 3.8) is 0 Å². The first-order valence-electron chi connectivity index (χ1n) is 11.1. The molecular weight excluding hydrogens is 384 g/mol. The number of methoxy groups -OCH3 is 1. The molecule has 0 saturated heterocycles. The van der Waals surface area contributed by atoms with Gasteiger partial charge < -0.3 is 9.64 Å². The predicted molar refractivity (Wildman–Crippen MR) is 129 cm³/mol. The van der Waals surface area contributed by atoms with Crippen LogP contribution in [0.2, 0.25) is 0 Å². The average Bonchev–Trinajstić information content (AvgIpc) is 3.07. The van der Waals surface area contributed by atoms with E-state index < -0.39 is 0 Å². The van der Waals surface area contributed by atoms with Gasteiger partial charge in [-0.3, -0.25) is 0 Å². The Hall–Kier alpha value is -3.00. The molecule has 0 fully saturated rings. The van der Waals surface area contributed by atoms with Gasteiger partial charge in [0.25, 0.3) is 0 Å². The van der Waals surface area contributed by atoms with E-state index in [-0.39, 0.29) is 0 Å². The smallest absolute Gasteiger partial charge is 0.165 e. The largest absolute Gasteiger partial charge is 0.497 e. The normalized spacial score (nSPS) is 10.8. The van der Waals surface area contributed by atoms with Crippen LogP contribution >= 0.6 is 0 Å². The van der Waals surface area contributed by atoms with Crippen molar-refractivity contribution in [2.75, 3.05) is 25.1 Å². The summed E-state index contributed by atoms with van der Waals surface area (Å²) in [6.45, 7) is 14.3. The van der Waals surface area contributed by atoms with Gasteiger partial charge in [0.05, 0.1) is 19.3 Å². The number of hydrogen-bond donors (Lipinski definition) is 0. The van der Waals surface area contributed by atoms with E-state index in [0.717, 1.165) is 71.1 Å².